The van der Waals surface area contributed by atoms with Crippen molar-refractivity contribution in [2.75, 3.05) is 5.32 Å². The lowest BCUT2D eigenvalue weighted by molar-refractivity contribution is 0.0953. The molecule has 0 unspecified atom stereocenters. The molecule has 0 bridgehead atoms. The number of rotatable bonds is 4. The molecule has 1 aliphatic rings. The maximum absolute atomic E-state index is 13.1. The molecular weight excluding hydrogens is 397 g/mol. The molecule has 1 aromatic heterocycles. The second-order valence-electron chi connectivity index (χ2n) is 7.54. The highest BCUT2D eigenvalue weighted by atomic mass is 19.1. The van der Waals surface area contributed by atoms with Crippen LogP contribution in [-0.2, 0) is 6.42 Å². The molecule has 1 aliphatic carbocycles. The zero-order chi connectivity index (χ0) is 22.0. The zero-order valence-corrected chi connectivity index (χ0v) is 17.3. The summed E-state index contributed by atoms with van der Waals surface area (Å²) in [6, 6.07) is 12.8. The van der Waals surface area contributed by atoms with Crippen molar-refractivity contribution in [2.45, 2.75) is 33.1 Å². The largest absolute Gasteiger partial charge is 0.455 e. The van der Waals surface area contributed by atoms with Gasteiger partial charge in [-0.2, -0.15) is 5.10 Å². The van der Waals surface area contributed by atoms with Gasteiger partial charge in [-0.15, -0.1) is 0 Å². The maximum atomic E-state index is 13.1. The lowest BCUT2D eigenvalue weighted by Crippen LogP contribution is -2.22. The number of hydrogen-bond donors (Lipinski definition) is 2. The second kappa shape index (κ2) is 8.55. The van der Waals surface area contributed by atoms with Crippen LogP contribution in [0.2, 0.25) is 0 Å². The normalized spacial score (nSPS) is 14.2. The van der Waals surface area contributed by atoms with Crippen LogP contribution in [0.25, 0.3) is 0 Å². The summed E-state index contributed by atoms with van der Waals surface area (Å²) in [5, 5.41) is 7.06. The van der Waals surface area contributed by atoms with Crippen molar-refractivity contribution in [2.24, 2.45) is 5.10 Å². The first kappa shape index (κ1) is 20.5. The molecule has 2 amide bonds. The Morgan fingerprint density at radius 3 is 2.55 bits per heavy atom. The number of anilines is 1. The van der Waals surface area contributed by atoms with Gasteiger partial charge in [-0.1, -0.05) is 17.7 Å². The van der Waals surface area contributed by atoms with Crippen LogP contribution < -0.4 is 10.7 Å². The molecule has 0 atom stereocenters. The van der Waals surface area contributed by atoms with Gasteiger partial charge in [0.05, 0.1) is 5.71 Å². The number of nitrogens with one attached hydrogen (secondary N) is 2. The van der Waals surface area contributed by atoms with E-state index >= 15 is 0 Å². The number of carbonyl (C=O) groups excluding carboxylic acids is 2. The van der Waals surface area contributed by atoms with Crippen LogP contribution in [0.4, 0.5) is 10.1 Å². The number of hydrogen-bond acceptors (Lipinski definition) is 4. The Morgan fingerprint density at radius 1 is 1.03 bits per heavy atom. The lowest BCUT2D eigenvalue weighted by atomic mass is 9.93. The minimum atomic E-state index is -0.415. The van der Waals surface area contributed by atoms with Gasteiger partial charge in [-0.25, -0.2) is 9.82 Å². The van der Waals surface area contributed by atoms with Crippen LogP contribution in [0, 0.1) is 19.7 Å². The van der Waals surface area contributed by atoms with Gasteiger partial charge in [0.2, 0.25) is 0 Å². The molecule has 0 spiro atoms. The molecule has 6 nitrogen and oxygen atoms in total. The Morgan fingerprint density at radius 2 is 1.81 bits per heavy atom. The van der Waals surface area contributed by atoms with E-state index in [0.29, 0.717) is 41.1 Å². The van der Waals surface area contributed by atoms with Crippen LogP contribution in [-0.4, -0.2) is 17.5 Å². The predicted octanol–water partition coefficient (Wildman–Crippen LogP) is 4.76. The highest BCUT2D eigenvalue weighted by molar-refractivity contribution is 6.09. The SMILES string of the molecule is Cc1cccc(C(=O)N/N=C2\CCCc3oc(C(=O)Nc4ccc(F)cc4)c(C)c32)c1. The first-order chi connectivity index (χ1) is 14.9. The fraction of sp³-hybridized carbons (Fsp3) is 0.208. The van der Waals surface area contributed by atoms with Gasteiger partial charge in [-0.05, 0) is 63.1 Å². The highest BCUT2D eigenvalue weighted by Gasteiger charge is 2.28. The number of fused-ring (bicyclic) bond motifs is 1. The summed E-state index contributed by atoms with van der Waals surface area (Å²) in [6.45, 7) is 3.72. The Kier molecular flexibility index (Phi) is 5.66. The monoisotopic (exact) mass is 419 g/mol. The molecule has 31 heavy (non-hydrogen) atoms. The molecular formula is C24H22FN3O3. The van der Waals surface area contributed by atoms with Crippen molar-refractivity contribution in [1.29, 1.82) is 0 Å². The summed E-state index contributed by atoms with van der Waals surface area (Å²) in [4.78, 5) is 25.2. The minimum absolute atomic E-state index is 0.189. The summed E-state index contributed by atoms with van der Waals surface area (Å²) in [6.07, 6.45) is 2.16. The molecule has 2 aromatic carbocycles. The fourth-order valence-electron chi connectivity index (χ4n) is 3.69. The topological polar surface area (TPSA) is 83.7 Å². The van der Waals surface area contributed by atoms with Gasteiger partial charge in [-0.3, -0.25) is 9.59 Å². The average molecular weight is 419 g/mol. The van der Waals surface area contributed by atoms with E-state index < -0.39 is 5.91 Å². The van der Waals surface area contributed by atoms with E-state index in [1.54, 1.807) is 19.1 Å². The first-order valence-corrected chi connectivity index (χ1v) is 10.1. The third-order valence-electron chi connectivity index (χ3n) is 5.21. The summed E-state index contributed by atoms with van der Waals surface area (Å²) < 4.78 is 18.9. The maximum Gasteiger partial charge on any atom is 0.291 e. The van der Waals surface area contributed by atoms with E-state index in [-0.39, 0.29) is 17.5 Å². The van der Waals surface area contributed by atoms with Crippen molar-refractivity contribution in [1.82, 2.24) is 5.43 Å². The van der Waals surface area contributed by atoms with E-state index in [1.165, 1.54) is 24.3 Å². The Balaban J connectivity index is 1.56. The average Bonchev–Trinajstić information content (AvgIpc) is 3.11. The summed E-state index contributed by atoms with van der Waals surface area (Å²) >= 11 is 0. The third kappa shape index (κ3) is 4.40. The van der Waals surface area contributed by atoms with E-state index in [2.05, 4.69) is 15.8 Å². The van der Waals surface area contributed by atoms with E-state index in [1.807, 2.05) is 19.1 Å². The van der Waals surface area contributed by atoms with Crippen molar-refractivity contribution in [3.05, 3.63) is 88.1 Å². The van der Waals surface area contributed by atoms with Gasteiger partial charge in [0, 0.05) is 28.8 Å². The van der Waals surface area contributed by atoms with Gasteiger partial charge in [0.15, 0.2) is 5.76 Å². The summed E-state index contributed by atoms with van der Waals surface area (Å²) in [5.74, 6) is -0.220. The number of benzene rings is 2. The van der Waals surface area contributed by atoms with Gasteiger partial charge in [0.1, 0.15) is 11.6 Å². The third-order valence-corrected chi connectivity index (χ3v) is 5.21. The molecule has 2 N–H and O–H groups in total. The molecule has 0 fully saturated rings. The molecule has 158 valence electrons. The number of aryl methyl sites for hydroxylation is 2. The summed E-state index contributed by atoms with van der Waals surface area (Å²) in [7, 11) is 0. The molecule has 0 aliphatic heterocycles. The smallest absolute Gasteiger partial charge is 0.291 e. The molecule has 0 radical (unpaired) electrons. The predicted molar refractivity (Wildman–Crippen MR) is 116 cm³/mol. The minimum Gasteiger partial charge on any atom is -0.455 e. The van der Waals surface area contributed by atoms with Crippen molar-refractivity contribution < 1.29 is 18.4 Å². The Hall–Kier alpha value is -3.74. The van der Waals surface area contributed by atoms with Crippen molar-refractivity contribution in [3.63, 3.8) is 0 Å². The van der Waals surface area contributed by atoms with Crippen LogP contribution in [0.3, 0.4) is 0 Å². The van der Waals surface area contributed by atoms with Crippen LogP contribution in [0.15, 0.2) is 58.0 Å². The highest BCUT2D eigenvalue weighted by Crippen LogP contribution is 2.30. The van der Waals surface area contributed by atoms with E-state index in [9.17, 15) is 14.0 Å². The standard InChI is InChI=1S/C24H22FN3O3/c1-14-5-3-6-16(13-14)23(29)28-27-19-7-4-8-20-21(19)15(2)22(31-20)24(30)26-18-11-9-17(25)10-12-18/h3,5-6,9-13H,4,7-8H2,1-2H3,(H,26,30)(H,28,29)/b27-19+. The zero-order valence-electron chi connectivity index (χ0n) is 17.3. The molecule has 4 rings (SSSR count). The first-order valence-electron chi connectivity index (χ1n) is 10.1. The fourth-order valence-corrected chi connectivity index (χ4v) is 3.69. The molecule has 3 aromatic rings. The molecule has 0 saturated heterocycles. The lowest BCUT2D eigenvalue weighted by Gasteiger charge is -2.13. The van der Waals surface area contributed by atoms with Crippen molar-refractivity contribution >= 4 is 23.2 Å². The number of carbonyl (C=O) groups is 2. The van der Waals surface area contributed by atoms with Gasteiger partial charge in [0.25, 0.3) is 11.8 Å². The molecule has 0 saturated carbocycles. The van der Waals surface area contributed by atoms with Gasteiger partial charge >= 0.3 is 0 Å². The molecule has 7 heteroatoms. The summed E-state index contributed by atoms with van der Waals surface area (Å²) in [5.41, 5.74) is 6.72. The number of amides is 2. The quantitative estimate of drug-likeness (QED) is 0.598. The Bertz CT molecular complexity index is 1180. The molecule has 1 heterocycles. The van der Waals surface area contributed by atoms with Crippen LogP contribution >= 0.6 is 0 Å². The number of nitrogens with zero attached hydrogens (tertiary/aromatic N) is 1. The van der Waals surface area contributed by atoms with Gasteiger partial charge < -0.3 is 9.73 Å². The number of hydrazone groups is 1. The van der Waals surface area contributed by atoms with E-state index in [4.69, 9.17) is 4.42 Å². The van der Waals surface area contributed by atoms with Crippen molar-refractivity contribution in [3.8, 4) is 0 Å². The second-order valence-corrected chi connectivity index (χ2v) is 7.54. The van der Waals surface area contributed by atoms with E-state index in [0.717, 1.165) is 17.5 Å². The van der Waals surface area contributed by atoms with Crippen LogP contribution in [0.5, 0.6) is 0 Å². The number of halogens is 1. The Labute approximate surface area is 179 Å². The number of furan rings is 1. The van der Waals surface area contributed by atoms with Crippen LogP contribution in [0.1, 0.15) is 56.2 Å².